The molecule has 0 heterocycles. The molecular formula is C18H21ClN2O2. The second kappa shape index (κ2) is 6.92. The minimum absolute atomic E-state index is 0.456. The van der Waals surface area contributed by atoms with Gasteiger partial charge in [-0.1, -0.05) is 29.8 Å². The van der Waals surface area contributed by atoms with Crippen LogP contribution in [0.3, 0.4) is 0 Å². The second-order valence-electron chi connectivity index (χ2n) is 6.06. The lowest BCUT2D eigenvalue weighted by Crippen LogP contribution is -2.34. The maximum Gasteiger partial charge on any atom is 0.419 e. The van der Waals surface area contributed by atoms with E-state index in [1.165, 1.54) is 4.90 Å². The van der Waals surface area contributed by atoms with Crippen molar-refractivity contribution in [2.75, 3.05) is 17.3 Å². The first kappa shape index (κ1) is 17.2. The first-order chi connectivity index (χ1) is 10.8. The third kappa shape index (κ3) is 4.39. The molecule has 0 unspecified atom stereocenters. The number of amides is 1. The predicted octanol–water partition coefficient (Wildman–Crippen LogP) is 5.45. The highest BCUT2D eigenvalue weighted by molar-refractivity contribution is 6.31. The topological polar surface area (TPSA) is 41.6 Å². The van der Waals surface area contributed by atoms with Crippen molar-refractivity contribution in [3.05, 3.63) is 53.6 Å². The number of hydrogen-bond acceptors (Lipinski definition) is 3. The number of hydrogen-bond donors (Lipinski definition) is 1. The first-order valence-electron chi connectivity index (χ1n) is 7.37. The van der Waals surface area contributed by atoms with Crippen molar-refractivity contribution in [2.45, 2.75) is 26.4 Å². The first-order valence-corrected chi connectivity index (χ1v) is 7.75. The lowest BCUT2D eigenvalue weighted by Gasteiger charge is -2.29. The van der Waals surface area contributed by atoms with E-state index >= 15 is 0 Å². The smallest absolute Gasteiger partial charge is 0.419 e. The van der Waals surface area contributed by atoms with Gasteiger partial charge in [-0.25, -0.2) is 9.69 Å². The van der Waals surface area contributed by atoms with Crippen molar-refractivity contribution in [3.63, 3.8) is 0 Å². The molecule has 0 aliphatic heterocycles. The molecule has 0 aliphatic carbocycles. The van der Waals surface area contributed by atoms with Crippen LogP contribution in [-0.4, -0.2) is 18.7 Å². The summed E-state index contributed by atoms with van der Waals surface area (Å²) in [6.07, 6.45) is -0.456. The Hall–Kier alpha value is -2.20. The number of nitrogens with one attached hydrogen (secondary N) is 1. The summed E-state index contributed by atoms with van der Waals surface area (Å²) in [5.41, 5.74) is 1.53. The van der Waals surface area contributed by atoms with Gasteiger partial charge in [0, 0.05) is 12.1 Å². The van der Waals surface area contributed by atoms with Crippen LogP contribution in [0.4, 0.5) is 21.9 Å². The van der Waals surface area contributed by atoms with Crippen LogP contribution < -0.4 is 10.2 Å². The Labute approximate surface area is 142 Å². The quantitative estimate of drug-likeness (QED) is 0.812. The molecule has 0 saturated heterocycles. The summed E-state index contributed by atoms with van der Waals surface area (Å²) >= 11 is 6.14. The Bertz CT molecular complexity index is 681. The highest BCUT2D eigenvalue weighted by Crippen LogP contribution is 2.35. The second-order valence-corrected chi connectivity index (χ2v) is 6.50. The molecular weight excluding hydrogens is 312 g/mol. The number of anilines is 3. The Morgan fingerprint density at radius 1 is 1.13 bits per heavy atom. The minimum Gasteiger partial charge on any atom is -0.443 e. The summed E-state index contributed by atoms with van der Waals surface area (Å²) in [5.74, 6) is 0. The van der Waals surface area contributed by atoms with E-state index in [4.69, 9.17) is 16.3 Å². The summed E-state index contributed by atoms with van der Waals surface area (Å²) < 4.78 is 5.56. The lowest BCUT2D eigenvalue weighted by atomic mass is 10.2. The molecule has 0 spiro atoms. The van der Waals surface area contributed by atoms with E-state index in [0.29, 0.717) is 16.4 Å². The standard InChI is InChI=1S/C18H21ClN2O2/c1-18(2,3)23-17(22)21(14-8-6-5-7-9-14)16-12-13(19)10-11-15(16)20-4/h5-12,20H,1-4H3. The van der Waals surface area contributed by atoms with Crippen molar-refractivity contribution in [1.29, 1.82) is 0 Å². The summed E-state index contributed by atoms with van der Waals surface area (Å²) in [5, 5.41) is 3.63. The molecule has 5 heteroatoms. The van der Waals surface area contributed by atoms with Gasteiger partial charge >= 0.3 is 6.09 Å². The van der Waals surface area contributed by atoms with Crippen LogP contribution in [0, 0.1) is 0 Å². The van der Waals surface area contributed by atoms with Crippen LogP contribution in [0.15, 0.2) is 48.5 Å². The maximum atomic E-state index is 12.8. The molecule has 2 aromatic carbocycles. The van der Waals surface area contributed by atoms with Crippen molar-refractivity contribution in [3.8, 4) is 0 Å². The Kier molecular flexibility index (Phi) is 5.16. The molecule has 0 aliphatic rings. The van der Waals surface area contributed by atoms with Crippen molar-refractivity contribution in [2.24, 2.45) is 0 Å². The fourth-order valence-electron chi connectivity index (χ4n) is 2.13. The number of nitrogens with zero attached hydrogens (tertiary/aromatic N) is 1. The average molecular weight is 333 g/mol. The fourth-order valence-corrected chi connectivity index (χ4v) is 2.30. The van der Waals surface area contributed by atoms with Gasteiger partial charge in [0.25, 0.3) is 0 Å². The van der Waals surface area contributed by atoms with E-state index in [2.05, 4.69) is 5.32 Å². The van der Waals surface area contributed by atoms with Gasteiger partial charge in [0.1, 0.15) is 5.60 Å². The Morgan fingerprint density at radius 2 is 1.78 bits per heavy atom. The monoisotopic (exact) mass is 332 g/mol. The number of carbonyl (C=O) groups excluding carboxylic acids is 1. The minimum atomic E-state index is -0.595. The zero-order valence-corrected chi connectivity index (χ0v) is 14.5. The van der Waals surface area contributed by atoms with Gasteiger partial charge in [0.2, 0.25) is 0 Å². The summed E-state index contributed by atoms with van der Waals surface area (Å²) in [4.78, 5) is 14.3. The lowest BCUT2D eigenvalue weighted by molar-refractivity contribution is 0.0599. The Balaban J connectivity index is 2.55. The largest absolute Gasteiger partial charge is 0.443 e. The van der Waals surface area contributed by atoms with E-state index < -0.39 is 11.7 Å². The van der Waals surface area contributed by atoms with E-state index in [0.717, 1.165) is 5.69 Å². The van der Waals surface area contributed by atoms with Crippen LogP contribution in [-0.2, 0) is 4.74 Å². The number of halogens is 1. The van der Waals surface area contributed by atoms with Gasteiger partial charge in [-0.2, -0.15) is 0 Å². The highest BCUT2D eigenvalue weighted by atomic mass is 35.5. The molecule has 1 amide bonds. The zero-order chi connectivity index (χ0) is 17.0. The molecule has 122 valence electrons. The van der Waals surface area contributed by atoms with Gasteiger partial charge in [-0.15, -0.1) is 0 Å². The number of ether oxygens (including phenoxy) is 1. The van der Waals surface area contributed by atoms with Gasteiger partial charge in [-0.05, 0) is 51.1 Å². The van der Waals surface area contributed by atoms with E-state index in [-0.39, 0.29) is 0 Å². The molecule has 2 rings (SSSR count). The molecule has 0 aromatic heterocycles. The molecule has 1 N–H and O–H groups in total. The molecule has 23 heavy (non-hydrogen) atoms. The number of benzene rings is 2. The van der Waals surface area contributed by atoms with Gasteiger partial charge in [-0.3, -0.25) is 0 Å². The number of para-hydroxylation sites is 1. The third-order valence-corrected chi connectivity index (χ3v) is 3.30. The van der Waals surface area contributed by atoms with Crippen LogP contribution in [0.2, 0.25) is 5.02 Å². The van der Waals surface area contributed by atoms with E-state index in [1.807, 2.05) is 57.2 Å². The van der Waals surface area contributed by atoms with E-state index in [9.17, 15) is 4.79 Å². The molecule has 0 saturated carbocycles. The average Bonchev–Trinajstić information content (AvgIpc) is 2.47. The van der Waals surface area contributed by atoms with Crippen molar-refractivity contribution in [1.82, 2.24) is 0 Å². The number of carbonyl (C=O) groups is 1. The van der Waals surface area contributed by atoms with Crippen molar-refractivity contribution >= 4 is 34.8 Å². The SMILES string of the molecule is CNc1ccc(Cl)cc1N(C(=O)OC(C)(C)C)c1ccccc1. The Morgan fingerprint density at radius 3 is 2.35 bits per heavy atom. The molecule has 0 bridgehead atoms. The van der Waals surface area contributed by atoms with Crippen LogP contribution in [0.5, 0.6) is 0 Å². The maximum absolute atomic E-state index is 12.8. The predicted molar refractivity (Wildman–Crippen MR) is 95.8 cm³/mol. The summed E-state index contributed by atoms with van der Waals surface area (Å²) in [6.45, 7) is 5.51. The normalized spacial score (nSPS) is 11.0. The highest BCUT2D eigenvalue weighted by Gasteiger charge is 2.26. The zero-order valence-electron chi connectivity index (χ0n) is 13.8. The molecule has 0 fully saturated rings. The molecule has 4 nitrogen and oxygen atoms in total. The fraction of sp³-hybridized carbons (Fsp3) is 0.278. The van der Waals surface area contributed by atoms with Gasteiger partial charge < -0.3 is 10.1 Å². The van der Waals surface area contributed by atoms with Crippen molar-refractivity contribution < 1.29 is 9.53 Å². The molecule has 0 radical (unpaired) electrons. The van der Waals surface area contributed by atoms with Gasteiger partial charge in [0.15, 0.2) is 0 Å². The summed E-state index contributed by atoms with van der Waals surface area (Å²) in [7, 11) is 1.80. The molecule has 0 atom stereocenters. The van der Waals surface area contributed by atoms with E-state index in [1.54, 1.807) is 19.2 Å². The van der Waals surface area contributed by atoms with Gasteiger partial charge in [0.05, 0.1) is 17.1 Å². The third-order valence-electron chi connectivity index (χ3n) is 3.06. The van der Waals surface area contributed by atoms with Crippen LogP contribution in [0.25, 0.3) is 0 Å². The number of rotatable bonds is 3. The summed E-state index contributed by atoms with van der Waals surface area (Å²) in [6, 6.07) is 14.7. The molecule has 2 aromatic rings. The van der Waals surface area contributed by atoms with Crippen LogP contribution >= 0.6 is 11.6 Å². The van der Waals surface area contributed by atoms with Crippen LogP contribution in [0.1, 0.15) is 20.8 Å².